The third kappa shape index (κ3) is 4.64. The summed E-state index contributed by atoms with van der Waals surface area (Å²) in [6.07, 6.45) is 4.96. The monoisotopic (exact) mass is 243 g/mol. The van der Waals surface area contributed by atoms with Crippen LogP contribution in [0.4, 0.5) is 0 Å². The highest BCUT2D eigenvalue weighted by atomic mass is 16.5. The van der Waals surface area contributed by atoms with Crippen LogP contribution in [0.5, 0.6) is 0 Å². The molecule has 1 fully saturated rings. The smallest absolute Gasteiger partial charge is 0.307 e. The highest BCUT2D eigenvalue weighted by Crippen LogP contribution is 2.27. The summed E-state index contributed by atoms with van der Waals surface area (Å²) >= 11 is 0. The van der Waals surface area contributed by atoms with Crippen molar-refractivity contribution in [3.63, 3.8) is 0 Å². The number of carbonyl (C=O) groups excluding carboxylic acids is 1. The number of ether oxygens (including phenoxy) is 1. The molecule has 1 aliphatic carbocycles. The van der Waals surface area contributed by atoms with Crippen LogP contribution < -0.4 is 0 Å². The van der Waals surface area contributed by atoms with Gasteiger partial charge in [0.05, 0.1) is 13.0 Å². The Bertz CT molecular complexity index is 229. The van der Waals surface area contributed by atoms with Crippen molar-refractivity contribution in [2.75, 3.05) is 19.8 Å². The lowest BCUT2D eigenvalue weighted by Crippen LogP contribution is -2.47. The zero-order chi connectivity index (χ0) is 12.7. The number of aliphatic hydroxyl groups is 1. The van der Waals surface area contributed by atoms with Gasteiger partial charge in [-0.25, -0.2) is 0 Å². The zero-order valence-electron chi connectivity index (χ0n) is 11.0. The second-order valence-electron chi connectivity index (χ2n) is 4.76. The molecule has 0 aromatic heterocycles. The minimum absolute atomic E-state index is 0.117. The SMILES string of the molecule is CCOC(=O)CC(C)N(CCCO)C1CCC1. The van der Waals surface area contributed by atoms with E-state index in [1.165, 1.54) is 19.3 Å². The van der Waals surface area contributed by atoms with Crippen LogP contribution in [-0.2, 0) is 9.53 Å². The Labute approximate surface area is 104 Å². The topological polar surface area (TPSA) is 49.8 Å². The number of rotatable bonds is 8. The highest BCUT2D eigenvalue weighted by Gasteiger charge is 2.29. The van der Waals surface area contributed by atoms with Gasteiger partial charge in [0.25, 0.3) is 0 Å². The largest absolute Gasteiger partial charge is 0.466 e. The summed E-state index contributed by atoms with van der Waals surface area (Å²) in [5.74, 6) is -0.117. The van der Waals surface area contributed by atoms with E-state index in [1.54, 1.807) is 0 Å². The first kappa shape index (κ1) is 14.5. The van der Waals surface area contributed by atoms with E-state index in [1.807, 2.05) is 6.92 Å². The summed E-state index contributed by atoms with van der Waals surface area (Å²) in [5.41, 5.74) is 0. The summed E-state index contributed by atoms with van der Waals surface area (Å²) < 4.78 is 4.98. The number of carbonyl (C=O) groups is 1. The van der Waals surface area contributed by atoms with Crippen molar-refractivity contribution in [2.24, 2.45) is 0 Å². The molecule has 4 nitrogen and oxygen atoms in total. The fourth-order valence-corrected chi connectivity index (χ4v) is 2.31. The molecule has 0 saturated heterocycles. The Balaban J connectivity index is 2.40. The van der Waals surface area contributed by atoms with E-state index in [4.69, 9.17) is 9.84 Å². The molecule has 0 aromatic carbocycles. The molecule has 1 atom stereocenters. The second kappa shape index (κ2) is 7.67. The molecule has 0 aliphatic heterocycles. The summed E-state index contributed by atoms with van der Waals surface area (Å²) in [6.45, 7) is 5.45. The lowest BCUT2D eigenvalue weighted by Gasteiger charge is -2.41. The number of aliphatic hydroxyl groups excluding tert-OH is 1. The van der Waals surface area contributed by atoms with Crippen molar-refractivity contribution in [2.45, 2.75) is 58.0 Å². The van der Waals surface area contributed by atoms with Gasteiger partial charge in [-0.15, -0.1) is 0 Å². The third-order valence-electron chi connectivity index (χ3n) is 3.45. The predicted octanol–water partition coefficient (Wildman–Crippen LogP) is 1.56. The molecule has 1 rings (SSSR count). The van der Waals surface area contributed by atoms with E-state index in [-0.39, 0.29) is 18.6 Å². The van der Waals surface area contributed by atoms with Gasteiger partial charge in [0.2, 0.25) is 0 Å². The quantitative estimate of drug-likeness (QED) is 0.657. The van der Waals surface area contributed by atoms with Crippen LogP contribution in [0, 0.1) is 0 Å². The first-order valence-corrected chi connectivity index (χ1v) is 6.71. The highest BCUT2D eigenvalue weighted by molar-refractivity contribution is 5.70. The number of hydrogen-bond donors (Lipinski definition) is 1. The van der Waals surface area contributed by atoms with E-state index in [0.29, 0.717) is 19.1 Å². The maximum Gasteiger partial charge on any atom is 0.307 e. The van der Waals surface area contributed by atoms with Gasteiger partial charge >= 0.3 is 5.97 Å². The van der Waals surface area contributed by atoms with E-state index < -0.39 is 0 Å². The second-order valence-corrected chi connectivity index (χ2v) is 4.76. The van der Waals surface area contributed by atoms with Crippen LogP contribution in [0.25, 0.3) is 0 Å². The van der Waals surface area contributed by atoms with Gasteiger partial charge in [-0.05, 0) is 33.1 Å². The van der Waals surface area contributed by atoms with Crippen molar-refractivity contribution in [3.05, 3.63) is 0 Å². The molecule has 17 heavy (non-hydrogen) atoms. The number of hydrogen-bond acceptors (Lipinski definition) is 4. The summed E-state index contributed by atoms with van der Waals surface area (Å²) in [5, 5.41) is 8.92. The minimum Gasteiger partial charge on any atom is -0.466 e. The first-order valence-electron chi connectivity index (χ1n) is 6.71. The van der Waals surface area contributed by atoms with E-state index in [0.717, 1.165) is 13.0 Å². The zero-order valence-corrected chi connectivity index (χ0v) is 11.0. The van der Waals surface area contributed by atoms with E-state index >= 15 is 0 Å². The van der Waals surface area contributed by atoms with E-state index in [2.05, 4.69) is 11.8 Å². The van der Waals surface area contributed by atoms with Gasteiger partial charge in [0, 0.05) is 25.2 Å². The van der Waals surface area contributed by atoms with E-state index in [9.17, 15) is 4.79 Å². The molecule has 1 aliphatic rings. The van der Waals surface area contributed by atoms with Crippen molar-refractivity contribution in [3.8, 4) is 0 Å². The summed E-state index contributed by atoms with van der Waals surface area (Å²) in [4.78, 5) is 13.8. The average molecular weight is 243 g/mol. The normalized spacial score (nSPS) is 17.9. The summed E-state index contributed by atoms with van der Waals surface area (Å²) in [6, 6.07) is 0.817. The van der Waals surface area contributed by atoms with Gasteiger partial charge in [-0.2, -0.15) is 0 Å². The van der Waals surface area contributed by atoms with Crippen molar-refractivity contribution < 1.29 is 14.6 Å². The molecule has 0 spiro atoms. The minimum atomic E-state index is -0.117. The predicted molar refractivity (Wildman–Crippen MR) is 66.8 cm³/mol. The molecule has 0 radical (unpaired) electrons. The fraction of sp³-hybridized carbons (Fsp3) is 0.923. The Morgan fingerprint density at radius 3 is 2.71 bits per heavy atom. The molecular formula is C13H25NO3. The van der Waals surface area contributed by atoms with Crippen LogP contribution >= 0.6 is 0 Å². The molecule has 1 N–H and O–H groups in total. The van der Waals surface area contributed by atoms with Gasteiger partial charge in [0.1, 0.15) is 0 Å². The maximum atomic E-state index is 11.5. The van der Waals surface area contributed by atoms with Gasteiger partial charge in [-0.1, -0.05) is 6.42 Å². The van der Waals surface area contributed by atoms with Crippen LogP contribution in [-0.4, -0.2) is 47.8 Å². The Hall–Kier alpha value is -0.610. The van der Waals surface area contributed by atoms with Crippen molar-refractivity contribution in [1.29, 1.82) is 0 Å². The first-order chi connectivity index (χ1) is 8.19. The molecule has 1 saturated carbocycles. The van der Waals surface area contributed by atoms with Crippen molar-refractivity contribution in [1.82, 2.24) is 4.90 Å². The lowest BCUT2D eigenvalue weighted by molar-refractivity contribution is -0.144. The fourth-order valence-electron chi connectivity index (χ4n) is 2.31. The number of nitrogens with zero attached hydrogens (tertiary/aromatic N) is 1. The Morgan fingerprint density at radius 1 is 1.53 bits per heavy atom. The molecule has 100 valence electrons. The Kier molecular flexibility index (Phi) is 6.52. The summed E-state index contributed by atoms with van der Waals surface area (Å²) in [7, 11) is 0. The van der Waals surface area contributed by atoms with Crippen LogP contribution in [0.3, 0.4) is 0 Å². The molecule has 0 bridgehead atoms. The molecule has 1 unspecified atom stereocenters. The van der Waals surface area contributed by atoms with Gasteiger partial charge in [-0.3, -0.25) is 9.69 Å². The molecule has 0 amide bonds. The van der Waals surface area contributed by atoms with Gasteiger partial charge in [0.15, 0.2) is 0 Å². The maximum absolute atomic E-state index is 11.5. The van der Waals surface area contributed by atoms with Crippen molar-refractivity contribution >= 4 is 5.97 Å². The van der Waals surface area contributed by atoms with Crippen LogP contribution in [0.2, 0.25) is 0 Å². The third-order valence-corrected chi connectivity index (χ3v) is 3.45. The van der Waals surface area contributed by atoms with Crippen LogP contribution in [0.1, 0.15) is 46.0 Å². The Morgan fingerprint density at radius 2 is 2.24 bits per heavy atom. The number of esters is 1. The van der Waals surface area contributed by atoms with Crippen LogP contribution in [0.15, 0.2) is 0 Å². The standard InChI is InChI=1S/C13H25NO3/c1-3-17-13(16)10-11(2)14(8-5-9-15)12-6-4-7-12/h11-12,15H,3-10H2,1-2H3. The average Bonchev–Trinajstić information content (AvgIpc) is 2.21. The molecule has 0 heterocycles. The molecular weight excluding hydrogens is 218 g/mol. The molecule has 4 heteroatoms. The van der Waals surface area contributed by atoms with Gasteiger partial charge < -0.3 is 9.84 Å². The lowest BCUT2D eigenvalue weighted by atomic mass is 9.90. The molecule has 0 aromatic rings.